The molecule has 0 bridgehead atoms. The fourth-order valence-corrected chi connectivity index (χ4v) is 11.3. The smallest absolute Gasteiger partial charge is 0.305 e. The molecule has 0 radical (unpaired) electrons. The number of hydrogen-bond acceptors (Lipinski definition) is 5. The largest absolute Gasteiger partial charge is 0.466 e. The number of hydrogen-bond donors (Lipinski definition) is 3. The molecule has 6 heteroatoms. The van der Waals surface area contributed by atoms with Gasteiger partial charge in [-0.05, 0) is 83.5 Å². The molecule has 0 aromatic heterocycles. The minimum absolute atomic E-state index is 0.00861. The van der Waals surface area contributed by atoms with E-state index in [-0.39, 0.29) is 18.5 Å². The van der Waals surface area contributed by atoms with E-state index < -0.39 is 12.1 Å². The Bertz CT molecular complexity index is 1300. The zero-order valence-electron chi connectivity index (χ0n) is 54.1. The van der Waals surface area contributed by atoms with Gasteiger partial charge < -0.3 is 20.3 Å². The quantitative estimate of drug-likeness (QED) is 0.0320. The molecule has 0 aliphatic rings. The molecule has 2 atom stereocenters. The van der Waals surface area contributed by atoms with E-state index in [0.29, 0.717) is 19.4 Å². The van der Waals surface area contributed by atoms with Crippen molar-refractivity contribution in [2.24, 2.45) is 0 Å². The van der Waals surface area contributed by atoms with Crippen molar-refractivity contribution in [3.05, 3.63) is 36.5 Å². The second kappa shape index (κ2) is 69.6. The second-order valence-electron chi connectivity index (χ2n) is 24.9. The van der Waals surface area contributed by atoms with Crippen molar-refractivity contribution in [1.82, 2.24) is 5.32 Å². The molecule has 0 saturated heterocycles. The lowest BCUT2D eigenvalue weighted by molar-refractivity contribution is -0.143. The number of allylic oxidation sites excluding steroid dienone is 5. The number of aliphatic hydroxyl groups excluding tert-OH is 2. The molecule has 0 aromatic rings. The molecule has 0 spiro atoms. The van der Waals surface area contributed by atoms with Gasteiger partial charge in [-0.3, -0.25) is 9.59 Å². The van der Waals surface area contributed by atoms with Crippen LogP contribution in [0.5, 0.6) is 0 Å². The van der Waals surface area contributed by atoms with E-state index in [1.165, 1.54) is 327 Å². The molecule has 0 fully saturated rings. The lowest BCUT2D eigenvalue weighted by atomic mass is 10.0. The first-order valence-corrected chi connectivity index (χ1v) is 36.3. The monoisotopic (exact) mass is 1120 g/mol. The van der Waals surface area contributed by atoms with Crippen molar-refractivity contribution in [2.75, 3.05) is 13.2 Å². The molecule has 0 aliphatic heterocycles. The highest BCUT2D eigenvalue weighted by Crippen LogP contribution is 2.19. The van der Waals surface area contributed by atoms with Crippen molar-refractivity contribution >= 4 is 11.9 Å². The number of ether oxygens (including phenoxy) is 1. The van der Waals surface area contributed by atoms with Crippen molar-refractivity contribution in [1.29, 1.82) is 0 Å². The Morgan fingerprint density at radius 1 is 0.338 bits per heavy atom. The van der Waals surface area contributed by atoms with Gasteiger partial charge in [0.25, 0.3) is 0 Å². The molecule has 0 aliphatic carbocycles. The Morgan fingerprint density at radius 2 is 0.588 bits per heavy atom. The second-order valence-corrected chi connectivity index (χ2v) is 24.9. The summed E-state index contributed by atoms with van der Waals surface area (Å²) in [5, 5.41) is 23.2. The molecular weight excluding hydrogens is 983 g/mol. The first kappa shape index (κ1) is 78.1. The van der Waals surface area contributed by atoms with Crippen LogP contribution in [0.25, 0.3) is 0 Å². The number of unbranched alkanes of at least 4 members (excludes halogenated alkanes) is 53. The fraction of sp³-hybridized carbons (Fsp3) is 0.892. The molecule has 80 heavy (non-hydrogen) atoms. The molecule has 0 saturated carbocycles. The van der Waals surface area contributed by atoms with Gasteiger partial charge in [0.1, 0.15) is 0 Å². The number of esters is 1. The van der Waals surface area contributed by atoms with Crippen LogP contribution in [-0.2, 0) is 14.3 Å². The van der Waals surface area contributed by atoms with Gasteiger partial charge in [-0.2, -0.15) is 0 Å². The van der Waals surface area contributed by atoms with Gasteiger partial charge in [0.15, 0.2) is 0 Å². The summed E-state index contributed by atoms with van der Waals surface area (Å²) in [7, 11) is 0. The summed E-state index contributed by atoms with van der Waals surface area (Å²) in [6.07, 6.45) is 89.5. The van der Waals surface area contributed by atoms with Crippen molar-refractivity contribution < 1.29 is 24.5 Å². The van der Waals surface area contributed by atoms with Gasteiger partial charge in [0.05, 0.1) is 25.4 Å². The van der Waals surface area contributed by atoms with Crippen LogP contribution in [0.15, 0.2) is 36.5 Å². The highest BCUT2D eigenvalue weighted by atomic mass is 16.5. The maximum absolute atomic E-state index is 12.5. The van der Waals surface area contributed by atoms with E-state index >= 15 is 0 Å². The van der Waals surface area contributed by atoms with E-state index in [4.69, 9.17) is 4.74 Å². The van der Waals surface area contributed by atoms with Crippen molar-refractivity contribution in [2.45, 2.75) is 411 Å². The molecule has 1 amide bonds. The third kappa shape index (κ3) is 65.2. The average Bonchev–Trinajstić information content (AvgIpc) is 3.46. The standard InChI is InChI=1S/C74H141NO5/c1-3-5-7-9-11-13-15-17-18-19-37-40-43-46-50-54-58-62-66-72(77)71(70-76)75-73(78)67-63-59-55-51-47-44-41-38-35-33-31-29-27-25-23-21-20-22-24-26-28-30-32-34-36-39-42-45-49-53-57-61-65-69-80-74(79)68-64-60-56-52-48-16-14-12-10-8-6-4-2/h12,14,24,26,62,66,71-72,76-77H,3-11,13,15-23,25,27-61,63-65,67-70H2,1-2H3,(H,75,78)/b14-12-,26-24-,66-62+. The molecule has 3 N–H and O–H groups in total. The predicted molar refractivity (Wildman–Crippen MR) is 352 cm³/mol. The lowest BCUT2D eigenvalue weighted by Gasteiger charge is -2.20. The maximum atomic E-state index is 12.5. The number of carbonyl (C=O) groups is 2. The Hall–Kier alpha value is -1.92. The average molecular weight is 1120 g/mol. The van der Waals surface area contributed by atoms with E-state index in [2.05, 4.69) is 43.5 Å². The molecule has 0 heterocycles. The van der Waals surface area contributed by atoms with Crippen LogP contribution in [0, 0.1) is 0 Å². The number of rotatable bonds is 68. The van der Waals surface area contributed by atoms with E-state index in [1.54, 1.807) is 6.08 Å². The third-order valence-electron chi connectivity index (χ3n) is 16.9. The van der Waals surface area contributed by atoms with E-state index in [1.807, 2.05) is 6.08 Å². The van der Waals surface area contributed by atoms with Crippen LogP contribution in [-0.4, -0.2) is 47.4 Å². The predicted octanol–water partition coefficient (Wildman–Crippen LogP) is 23.5. The minimum Gasteiger partial charge on any atom is -0.466 e. The maximum Gasteiger partial charge on any atom is 0.305 e. The van der Waals surface area contributed by atoms with Gasteiger partial charge in [-0.25, -0.2) is 0 Å². The highest BCUT2D eigenvalue weighted by Gasteiger charge is 2.18. The summed E-state index contributed by atoms with van der Waals surface area (Å²) >= 11 is 0. The first-order valence-electron chi connectivity index (χ1n) is 36.3. The molecule has 0 rings (SSSR count). The first-order chi connectivity index (χ1) is 39.5. The number of amides is 1. The van der Waals surface area contributed by atoms with Gasteiger partial charge in [-0.15, -0.1) is 0 Å². The molecule has 0 aromatic carbocycles. The van der Waals surface area contributed by atoms with Crippen LogP contribution in [0.1, 0.15) is 399 Å². The summed E-state index contributed by atoms with van der Waals surface area (Å²) < 4.78 is 5.47. The van der Waals surface area contributed by atoms with Crippen LogP contribution in [0.2, 0.25) is 0 Å². The number of aliphatic hydroxyl groups is 2. The molecule has 6 nitrogen and oxygen atoms in total. The molecule has 472 valence electrons. The zero-order valence-corrected chi connectivity index (χ0v) is 54.1. The zero-order chi connectivity index (χ0) is 57.8. The van der Waals surface area contributed by atoms with Crippen molar-refractivity contribution in [3.63, 3.8) is 0 Å². The Morgan fingerprint density at radius 3 is 0.912 bits per heavy atom. The van der Waals surface area contributed by atoms with Crippen molar-refractivity contribution in [3.8, 4) is 0 Å². The molecular formula is C74H141NO5. The summed E-state index contributed by atoms with van der Waals surface area (Å²) in [6.45, 7) is 4.91. The van der Waals surface area contributed by atoms with Gasteiger partial charge in [0, 0.05) is 12.8 Å². The summed E-state index contributed by atoms with van der Waals surface area (Å²) in [5.41, 5.74) is 0. The fourth-order valence-electron chi connectivity index (χ4n) is 11.3. The Labute approximate surface area is 500 Å². The van der Waals surface area contributed by atoms with Crippen LogP contribution < -0.4 is 5.32 Å². The minimum atomic E-state index is -0.843. The van der Waals surface area contributed by atoms with Gasteiger partial charge >= 0.3 is 5.97 Å². The van der Waals surface area contributed by atoms with Crippen LogP contribution in [0.3, 0.4) is 0 Å². The van der Waals surface area contributed by atoms with Gasteiger partial charge in [-0.1, -0.05) is 339 Å². The summed E-state index contributed by atoms with van der Waals surface area (Å²) in [5.74, 6) is -0.0530. The Balaban J connectivity index is 3.37. The third-order valence-corrected chi connectivity index (χ3v) is 16.9. The van der Waals surface area contributed by atoms with Crippen LogP contribution >= 0.6 is 0 Å². The van der Waals surface area contributed by atoms with E-state index in [9.17, 15) is 19.8 Å². The summed E-state index contributed by atoms with van der Waals surface area (Å²) in [6, 6.07) is -0.626. The highest BCUT2D eigenvalue weighted by molar-refractivity contribution is 5.76. The topological polar surface area (TPSA) is 95.9 Å². The normalized spacial score (nSPS) is 12.7. The van der Waals surface area contributed by atoms with E-state index in [0.717, 1.165) is 44.9 Å². The molecule has 2 unspecified atom stereocenters. The number of nitrogens with one attached hydrogen (secondary N) is 1. The SMILES string of the molecule is CCCCC/C=C\CCCCCCCC(=O)OCCCCCCCCCCCCCC/C=C\CCCCCCCCCCCCCCCCCCCC(=O)NC(CO)C(O)/C=C/CCCCCCCCCCCCCCCCCC. The number of carbonyl (C=O) groups excluding carboxylic acids is 2. The lowest BCUT2D eigenvalue weighted by Crippen LogP contribution is -2.45. The summed E-state index contributed by atoms with van der Waals surface area (Å²) in [4.78, 5) is 24.5. The van der Waals surface area contributed by atoms with Crippen LogP contribution in [0.4, 0.5) is 0 Å². The van der Waals surface area contributed by atoms with Gasteiger partial charge in [0.2, 0.25) is 5.91 Å². The Kier molecular flexibility index (Phi) is 67.9.